The quantitative estimate of drug-likeness (QED) is 0.670. The molecule has 0 aromatic heterocycles. The molecule has 1 unspecified atom stereocenters. The van der Waals surface area contributed by atoms with Crippen molar-refractivity contribution in [1.29, 1.82) is 0 Å². The zero-order valence-electron chi connectivity index (χ0n) is 11.3. The highest BCUT2D eigenvalue weighted by molar-refractivity contribution is 5.77. The molecule has 0 bridgehead atoms. The summed E-state index contributed by atoms with van der Waals surface area (Å²) in [5.74, 6) is -2.02. The monoisotopic (exact) mass is 305 g/mol. The third-order valence-electron chi connectivity index (χ3n) is 3.13. The number of halogens is 4. The summed E-state index contributed by atoms with van der Waals surface area (Å²) < 4.78 is 56.4. The summed E-state index contributed by atoms with van der Waals surface area (Å²) in [4.78, 5) is 11.9. The molecule has 1 atom stereocenters. The number of rotatable bonds is 5. The summed E-state index contributed by atoms with van der Waals surface area (Å²) in [6.07, 6.45) is -3.11. The Kier molecular flexibility index (Phi) is 4.51. The van der Waals surface area contributed by atoms with Crippen molar-refractivity contribution in [1.82, 2.24) is 5.32 Å². The van der Waals surface area contributed by atoms with Crippen LogP contribution in [0.15, 0.2) is 18.2 Å². The molecule has 2 rings (SSSR count). The van der Waals surface area contributed by atoms with Crippen LogP contribution in [0.3, 0.4) is 0 Å². The molecule has 1 aromatic carbocycles. The number of ether oxygens (including phenoxy) is 1. The van der Waals surface area contributed by atoms with Crippen molar-refractivity contribution < 1.29 is 27.1 Å². The van der Waals surface area contributed by atoms with Crippen LogP contribution in [-0.2, 0) is 15.7 Å². The van der Waals surface area contributed by atoms with Gasteiger partial charge < -0.3 is 4.74 Å². The van der Waals surface area contributed by atoms with E-state index in [0.29, 0.717) is 6.07 Å². The fourth-order valence-corrected chi connectivity index (χ4v) is 1.95. The van der Waals surface area contributed by atoms with Gasteiger partial charge in [0.25, 0.3) is 0 Å². The Morgan fingerprint density at radius 2 is 2.10 bits per heavy atom. The van der Waals surface area contributed by atoms with Gasteiger partial charge in [-0.05, 0) is 37.5 Å². The number of hydrogen-bond donors (Lipinski definition) is 1. The molecule has 21 heavy (non-hydrogen) atoms. The van der Waals surface area contributed by atoms with E-state index < -0.39 is 29.6 Å². The lowest BCUT2D eigenvalue weighted by Gasteiger charge is -2.19. The summed E-state index contributed by atoms with van der Waals surface area (Å²) in [7, 11) is 0. The van der Waals surface area contributed by atoms with Gasteiger partial charge in [-0.2, -0.15) is 13.2 Å². The maximum Gasteiger partial charge on any atom is 0.419 e. The van der Waals surface area contributed by atoms with Gasteiger partial charge in [0, 0.05) is 6.04 Å². The average Bonchev–Trinajstić information content (AvgIpc) is 3.19. The van der Waals surface area contributed by atoms with E-state index in [-0.39, 0.29) is 18.2 Å². The molecule has 1 fully saturated rings. The van der Waals surface area contributed by atoms with Crippen molar-refractivity contribution >= 4 is 5.97 Å². The molecule has 0 saturated heterocycles. The van der Waals surface area contributed by atoms with Gasteiger partial charge in [0.05, 0.1) is 12.2 Å². The molecule has 1 saturated carbocycles. The molecule has 7 heteroatoms. The Hall–Kier alpha value is -1.63. The molecule has 1 N–H and O–H groups in total. The molecule has 0 aliphatic heterocycles. The molecule has 116 valence electrons. The zero-order valence-corrected chi connectivity index (χ0v) is 11.3. The van der Waals surface area contributed by atoms with Gasteiger partial charge in [0.2, 0.25) is 0 Å². The van der Waals surface area contributed by atoms with Crippen LogP contribution < -0.4 is 5.32 Å². The molecule has 0 spiro atoms. The van der Waals surface area contributed by atoms with E-state index in [1.807, 2.05) is 0 Å². The number of nitrogens with one attached hydrogen (secondary N) is 1. The van der Waals surface area contributed by atoms with Crippen molar-refractivity contribution in [3.8, 4) is 0 Å². The summed E-state index contributed by atoms with van der Waals surface area (Å²) in [5.41, 5.74) is -1.33. The van der Waals surface area contributed by atoms with E-state index in [1.54, 1.807) is 6.92 Å². The van der Waals surface area contributed by atoms with E-state index in [2.05, 4.69) is 5.32 Å². The largest absolute Gasteiger partial charge is 0.465 e. The minimum absolute atomic E-state index is 0.0501. The van der Waals surface area contributed by atoms with Crippen molar-refractivity contribution in [2.45, 2.75) is 38.0 Å². The van der Waals surface area contributed by atoms with Crippen LogP contribution in [0.25, 0.3) is 0 Å². The van der Waals surface area contributed by atoms with Gasteiger partial charge >= 0.3 is 12.1 Å². The molecular weight excluding hydrogens is 290 g/mol. The van der Waals surface area contributed by atoms with Crippen LogP contribution in [0.4, 0.5) is 17.6 Å². The highest BCUT2D eigenvalue weighted by Gasteiger charge is 2.36. The van der Waals surface area contributed by atoms with Crippen LogP contribution in [0.2, 0.25) is 0 Å². The number of alkyl halides is 3. The first-order valence-corrected chi connectivity index (χ1v) is 6.62. The highest BCUT2D eigenvalue weighted by atomic mass is 19.4. The fourth-order valence-electron chi connectivity index (χ4n) is 1.95. The number of benzene rings is 1. The lowest BCUT2D eigenvalue weighted by Crippen LogP contribution is -2.32. The van der Waals surface area contributed by atoms with Crippen molar-refractivity contribution in [2.24, 2.45) is 0 Å². The number of carbonyl (C=O) groups excluding carboxylic acids is 1. The maximum atomic E-state index is 13.3. The molecule has 1 aliphatic carbocycles. The summed E-state index contributed by atoms with van der Waals surface area (Å²) in [6, 6.07) is 1.62. The van der Waals surface area contributed by atoms with E-state index in [9.17, 15) is 22.4 Å². The minimum atomic E-state index is -4.81. The summed E-state index contributed by atoms with van der Waals surface area (Å²) in [6.45, 7) is 1.73. The normalized spacial score (nSPS) is 16.6. The van der Waals surface area contributed by atoms with E-state index >= 15 is 0 Å². The highest BCUT2D eigenvalue weighted by Crippen LogP contribution is 2.34. The van der Waals surface area contributed by atoms with E-state index in [0.717, 1.165) is 18.9 Å². The number of esters is 1. The van der Waals surface area contributed by atoms with Crippen molar-refractivity contribution in [2.75, 3.05) is 6.61 Å². The van der Waals surface area contributed by atoms with Gasteiger partial charge in [-0.25, -0.2) is 9.18 Å². The first-order chi connectivity index (χ1) is 9.82. The lowest BCUT2D eigenvalue weighted by molar-refractivity contribution is -0.146. The Morgan fingerprint density at radius 1 is 1.43 bits per heavy atom. The van der Waals surface area contributed by atoms with Crippen molar-refractivity contribution in [3.05, 3.63) is 35.1 Å². The second-order valence-electron chi connectivity index (χ2n) is 4.86. The van der Waals surface area contributed by atoms with Crippen LogP contribution in [0, 0.1) is 5.82 Å². The number of carbonyl (C=O) groups is 1. The topological polar surface area (TPSA) is 38.3 Å². The number of hydrogen-bond acceptors (Lipinski definition) is 3. The third-order valence-corrected chi connectivity index (χ3v) is 3.13. The Morgan fingerprint density at radius 3 is 2.62 bits per heavy atom. The van der Waals surface area contributed by atoms with Gasteiger partial charge in [-0.3, -0.25) is 5.32 Å². The SMILES string of the molecule is CCOC(=O)C(NC1CC1)c1ccc(F)c(C(F)(F)F)c1. The van der Waals surface area contributed by atoms with Gasteiger partial charge in [0.1, 0.15) is 11.9 Å². The van der Waals surface area contributed by atoms with Gasteiger partial charge in [-0.15, -0.1) is 0 Å². The van der Waals surface area contributed by atoms with Gasteiger partial charge in [-0.1, -0.05) is 6.07 Å². The second kappa shape index (κ2) is 6.01. The minimum Gasteiger partial charge on any atom is -0.465 e. The predicted molar refractivity (Wildman–Crippen MR) is 66.9 cm³/mol. The van der Waals surface area contributed by atoms with Gasteiger partial charge in [0.15, 0.2) is 0 Å². The lowest BCUT2D eigenvalue weighted by atomic mass is 10.0. The van der Waals surface area contributed by atoms with Crippen LogP contribution in [0.5, 0.6) is 0 Å². The first kappa shape index (κ1) is 15.8. The van der Waals surface area contributed by atoms with Crippen molar-refractivity contribution in [3.63, 3.8) is 0 Å². The molecule has 0 amide bonds. The summed E-state index contributed by atoms with van der Waals surface area (Å²) in [5, 5.41) is 2.93. The van der Waals surface area contributed by atoms with E-state index in [1.165, 1.54) is 6.07 Å². The second-order valence-corrected chi connectivity index (χ2v) is 4.86. The fraction of sp³-hybridized carbons (Fsp3) is 0.500. The smallest absolute Gasteiger partial charge is 0.419 e. The summed E-state index contributed by atoms with van der Waals surface area (Å²) >= 11 is 0. The van der Waals surface area contributed by atoms with Crippen LogP contribution in [0.1, 0.15) is 36.9 Å². The third kappa shape index (κ3) is 3.93. The Balaban J connectivity index is 2.32. The zero-order chi connectivity index (χ0) is 15.6. The van der Waals surface area contributed by atoms with Crippen LogP contribution >= 0.6 is 0 Å². The van der Waals surface area contributed by atoms with E-state index in [4.69, 9.17) is 4.74 Å². The molecule has 0 heterocycles. The Labute approximate surface area is 119 Å². The first-order valence-electron chi connectivity index (χ1n) is 6.62. The molecular formula is C14H15F4NO2. The predicted octanol–water partition coefficient (Wildman–Crippen LogP) is 3.20. The molecule has 1 aliphatic rings. The standard InChI is InChI=1S/C14H15F4NO2/c1-2-21-13(20)12(19-9-4-5-9)8-3-6-11(15)10(7-8)14(16,17)18/h3,6-7,9,12,19H,2,4-5H2,1H3. The molecule has 3 nitrogen and oxygen atoms in total. The average molecular weight is 305 g/mol. The van der Waals surface area contributed by atoms with Crippen LogP contribution in [-0.4, -0.2) is 18.6 Å². The Bertz CT molecular complexity index is 526. The molecule has 0 radical (unpaired) electrons. The molecule has 1 aromatic rings. The maximum absolute atomic E-state index is 13.3.